The third-order valence-electron chi connectivity index (χ3n) is 3.42. The lowest BCUT2D eigenvalue weighted by Gasteiger charge is -2.22. The van der Waals surface area contributed by atoms with Crippen LogP contribution in [-0.2, 0) is 10.2 Å². The van der Waals surface area contributed by atoms with Gasteiger partial charge in [-0.15, -0.1) is 4.31 Å². The summed E-state index contributed by atoms with van der Waals surface area (Å²) in [6.45, 7) is 2.08. The second-order valence-electron chi connectivity index (χ2n) is 5.41. The van der Waals surface area contributed by atoms with Crippen LogP contribution < -0.4 is 9.46 Å². The zero-order chi connectivity index (χ0) is 19.0. The Morgan fingerprint density at radius 3 is 2.23 bits per heavy atom. The number of hydrogen-bond donors (Lipinski definition) is 2. The van der Waals surface area contributed by atoms with Crippen molar-refractivity contribution in [1.29, 1.82) is 5.41 Å². The average Bonchev–Trinajstić information content (AvgIpc) is 2.63. The maximum Gasteiger partial charge on any atom is 0.436 e. The van der Waals surface area contributed by atoms with Gasteiger partial charge in [-0.25, -0.2) is 4.79 Å². The first-order chi connectivity index (χ1) is 12.5. The lowest BCUT2D eigenvalue weighted by molar-refractivity contribution is 0.191. The Morgan fingerprint density at radius 1 is 1.08 bits per heavy atom. The minimum absolute atomic E-state index is 0.163. The van der Waals surface area contributed by atoms with Crippen molar-refractivity contribution in [3.05, 3.63) is 66.2 Å². The van der Waals surface area contributed by atoms with E-state index < -0.39 is 22.1 Å². The van der Waals surface area contributed by atoms with Crippen molar-refractivity contribution >= 4 is 22.1 Å². The van der Waals surface area contributed by atoms with E-state index in [1.165, 1.54) is 12.1 Å². The molecule has 0 bridgehead atoms. The lowest BCUT2D eigenvalue weighted by Crippen LogP contribution is -2.49. The van der Waals surface area contributed by atoms with Crippen molar-refractivity contribution < 1.29 is 17.9 Å². The Morgan fingerprint density at radius 2 is 1.65 bits per heavy atom. The first-order valence-electron chi connectivity index (χ1n) is 8.16. The number of carbonyl (C=O) groups is 1. The Bertz CT molecular complexity index is 839. The van der Waals surface area contributed by atoms with Crippen molar-refractivity contribution in [2.24, 2.45) is 0 Å². The molecular weight excluding hydrogens is 354 g/mol. The molecule has 0 atom stereocenters. The summed E-state index contributed by atoms with van der Waals surface area (Å²) in [7, 11) is -4.28. The van der Waals surface area contributed by atoms with E-state index >= 15 is 0 Å². The molecule has 1 amide bonds. The summed E-state index contributed by atoms with van der Waals surface area (Å²) in [5, 5.41) is 8.23. The van der Waals surface area contributed by atoms with Crippen LogP contribution in [0.25, 0.3) is 0 Å². The van der Waals surface area contributed by atoms with Gasteiger partial charge < -0.3 is 4.74 Å². The number of amidine groups is 1. The number of rotatable bonds is 7. The molecule has 2 aromatic rings. The molecule has 26 heavy (non-hydrogen) atoms. The Kier molecular flexibility index (Phi) is 6.88. The van der Waals surface area contributed by atoms with Crippen LogP contribution in [0.4, 0.5) is 4.79 Å². The van der Waals surface area contributed by atoms with E-state index in [0.29, 0.717) is 10.7 Å². The van der Waals surface area contributed by atoms with Crippen LogP contribution in [-0.4, -0.2) is 31.2 Å². The van der Waals surface area contributed by atoms with Crippen molar-refractivity contribution in [2.75, 3.05) is 6.54 Å². The van der Waals surface area contributed by atoms with E-state index in [0.717, 1.165) is 6.42 Å². The van der Waals surface area contributed by atoms with Crippen molar-refractivity contribution in [1.82, 2.24) is 9.03 Å². The van der Waals surface area contributed by atoms with Gasteiger partial charge in [0.1, 0.15) is 5.75 Å². The molecule has 0 heterocycles. The normalized spacial score (nSPS) is 11.0. The number of unbranched alkanes of at least 4 members (excludes halogenated alkanes) is 1. The van der Waals surface area contributed by atoms with Gasteiger partial charge in [0.05, 0.1) is 0 Å². The topological polar surface area (TPSA) is 99.6 Å². The monoisotopic (exact) mass is 375 g/mol. The SMILES string of the molecule is CCCCNS(=O)(=O)N(C(=N)c1ccccc1)C(=O)Oc1ccccc1. The van der Waals surface area contributed by atoms with Gasteiger partial charge in [0.2, 0.25) is 0 Å². The van der Waals surface area contributed by atoms with E-state index in [2.05, 4.69) is 4.72 Å². The van der Waals surface area contributed by atoms with Crippen molar-refractivity contribution in [2.45, 2.75) is 19.8 Å². The van der Waals surface area contributed by atoms with Gasteiger partial charge in [-0.1, -0.05) is 61.9 Å². The summed E-state index contributed by atoms with van der Waals surface area (Å²) in [4.78, 5) is 12.6. The van der Waals surface area contributed by atoms with Crippen molar-refractivity contribution in [3.8, 4) is 5.75 Å². The Labute approximate surface area is 153 Å². The third-order valence-corrected chi connectivity index (χ3v) is 4.80. The van der Waals surface area contributed by atoms with Gasteiger partial charge >= 0.3 is 16.3 Å². The van der Waals surface area contributed by atoms with Crippen LogP contribution in [0.5, 0.6) is 5.75 Å². The highest BCUT2D eigenvalue weighted by atomic mass is 32.2. The molecule has 2 aromatic carbocycles. The molecule has 0 fully saturated rings. The van der Waals surface area contributed by atoms with Crippen LogP contribution in [0.15, 0.2) is 60.7 Å². The molecule has 8 heteroatoms. The van der Waals surface area contributed by atoms with Gasteiger partial charge in [0.25, 0.3) is 0 Å². The Balaban J connectivity index is 2.31. The fourth-order valence-corrected chi connectivity index (χ4v) is 3.21. The van der Waals surface area contributed by atoms with Gasteiger partial charge in [0.15, 0.2) is 5.84 Å². The molecule has 0 aliphatic carbocycles. The maximum atomic E-state index is 12.6. The van der Waals surface area contributed by atoms with Crippen molar-refractivity contribution in [3.63, 3.8) is 0 Å². The van der Waals surface area contributed by atoms with Crippen LogP contribution in [0.3, 0.4) is 0 Å². The lowest BCUT2D eigenvalue weighted by atomic mass is 10.2. The molecule has 0 aromatic heterocycles. The number of para-hydroxylation sites is 1. The number of hydrogen-bond acceptors (Lipinski definition) is 5. The first-order valence-corrected chi connectivity index (χ1v) is 9.60. The zero-order valence-electron chi connectivity index (χ0n) is 14.4. The van der Waals surface area contributed by atoms with E-state index in [1.54, 1.807) is 48.5 Å². The Hall–Kier alpha value is -2.71. The number of nitrogens with zero attached hydrogens (tertiary/aromatic N) is 1. The highest BCUT2D eigenvalue weighted by Gasteiger charge is 2.33. The highest BCUT2D eigenvalue weighted by Crippen LogP contribution is 2.15. The minimum Gasteiger partial charge on any atom is -0.409 e. The van der Waals surface area contributed by atoms with E-state index in [4.69, 9.17) is 10.1 Å². The molecule has 0 saturated heterocycles. The standard InChI is InChI=1S/C18H21N3O4S/c1-2-3-14-20-26(23,24)21(17(19)15-10-6-4-7-11-15)18(22)25-16-12-8-5-9-13-16/h4-13,19-20H,2-3,14H2,1H3. The smallest absolute Gasteiger partial charge is 0.409 e. The maximum absolute atomic E-state index is 12.6. The highest BCUT2D eigenvalue weighted by molar-refractivity contribution is 7.88. The van der Waals surface area contributed by atoms with E-state index in [1.807, 2.05) is 6.92 Å². The molecule has 2 rings (SSSR count). The first kappa shape index (κ1) is 19.6. The van der Waals surface area contributed by atoms with Gasteiger partial charge in [-0.3, -0.25) is 5.41 Å². The summed E-state index contributed by atoms with van der Waals surface area (Å²) < 4.78 is 33.1. The third kappa shape index (κ3) is 5.14. The number of carbonyl (C=O) groups excluding carboxylic acids is 1. The minimum atomic E-state index is -4.28. The van der Waals surface area contributed by atoms with E-state index in [-0.39, 0.29) is 17.9 Å². The van der Waals surface area contributed by atoms with Gasteiger partial charge in [-0.2, -0.15) is 13.1 Å². The largest absolute Gasteiger partial charge is 0.436 e. The molecule has 0 spiro atoms. The number of nitrogens with one attached hydrogen (secondary N) is 2. The average molecular weight is 375 g/mol. The summed E-state index contributed by atoms with van der Waals surface area (Å²) >= 11 is 0. The second-order valence-corrected chi connectivity index (χ2v) is 7.02. The van der Waals surface area contributed by atoms with E-state index in [9.17, 15) is 13.2 Å². The summed E-state index contributed by atoms with van der Waals surface area (Å²) in [6, 6.07) is 16.2. The molecule has 0 unspecified atom stereocenters. The molecule has 138 valence electrons. The molecule has 7 nitrogen and oxygen atoms in total. The predicted octanol–water partition coefficient (Wildman–Crippen LogP) is 3.15. The molecular formula is C18H21N3O4S. The molecule has 0 radical (unpaired) electrons. The predicted molar refractivity (Wildman–Crippen MR) is 99.4 cm³/mol. The molecule has 0 saturated carbocycles. The van der Waals surface area contributed by atoms with Crippen LogP contribution in [0.2, 0.25) is 0 Å². The summed E-state index contributed by atoms with van der Waals surface area (Å²) in [6.07, 6.45) is 0.223. The van der Waals surface area contributed by atoms with Crippen LogP contribution in [0.1, 0.15) is 25.3 Å². The molecule has 0 aliphatic rings. The summed E-state index contributed by atoms with van der Waals surface area (Å²) in [5.74, 6) is -0.303. The fourth-order valence-electron chi connectivity index (χ4n) is 2.10. The molecule has 0 aliphatic heterocycles. The summed E-state index contributed by atoms with van der Waals surface area (Å²) in [5.41, 5.74) is 0.276. The van der Waals surface area contributed by atoms with Crippen LogP contribution in [0, 0.1) is 5.41 Å². The van der Waals surface area contributed by atoms with Gasteiger partial charge in [0, 0.05) is 12.1 Å². The fraction of sp³-hybridized carbons (Fsp3) is 0.222. The number of benzene rings is 2. The number of amides is 1. The number of ether oxygens (including phenoxy) is 1. The zero-order valence-corrected chi connectivity index (χ0v) is 15.2. The van der Waals surface area contributed by atoms with Gasteiger partial charge in [-0.05, 0) is 18.6 Å². The second kappa shape index (κ2) is 9.12. The van der Waals surface area contributed by atoms with Crippen LogP contribution >= 0.6 is 0 Å². The quantitative estimate of drug-likeness (QED) is 0.441. The molecule has 2 N–H and O–H groups in total.